The van der Waals surface area contributed by atoms with Crippen LogP contribution in [0.25, 0.3) is 6.08 Å². The quantitative estimate of drug-likeness (QED) is 0.634. The van der Waals surface area contributed by atoms with Gasteiger partial charge < -0.3 is 18.9 Å². The number of benzene rings is 1. The molecule has 3 rings (SSSR count). The summed E-state index contributed by atoms with van der Waals surface area (Å²) in [6.45, 7) is 4.12. The molecule has 1 heterocycles. The molecule has 1 amide bonds. The van der Waals surface area contributed by atoms with Crippen molar-refractivity contribution in [3.05, 3.63) is 46.9 Å². The lowest BCUT2D eigenvalue weighted by Gasteiger charge is -2.30. The average molecular weight is 399 g/mol. The number of hydrogen-bond donors (Lipinski definition) is 0. The van der Waals surface area contributed by atoms with Crippen molar-refractivity contribution >= 4 is 12.0 Å². The molecule has 1 fully saturated rings. The topological polar surface area (TPSA) is 64.8 Å². The minimum Gasteiger partial charge on any atom is -0.493 e. The summed E-state index contributed by atoms with van der Waals surface area (Å²) in [5.41, 5.74) is 2.64. The fourth-order valence-electron chi connectivity index (χ4n) is 3.70. The van der Waals surface area contributed by atoms with E-state index in [0.29, 0.717) is 24.1 Å². The molecule has 1 aromatic heterocycles. The lowest BCUT2D eigenvalue weighted by atomic mass is 9.94. The molecule has 29 heavy (non-hydrogen) atoms. The lowest BCUT2D eigenvalue weighted by Crippen LogP contribution is -2.37. The predicted molar refractivity (Wildman–Crippen MR) is 112 cm³/mol. The molecule has 0 atom stereocenters. The number of nitrogens with zero attached hydrogens (tertiary/aromatic N) is 2. The largest absolute Gasteiger partial charge is 0.493 e. The zero-order valence-electron chi connectivity index (χ0n) is 17.7. The van der Waals surface area contributed by atoms with E-state index in [2.05, 4.69) is 5.16 Å². The van der Waals surface area contributed by atoms with Crippen molar-refractivity contribution in [1.82, 2.24) is 10.1 Å². The van der Waals surface area contributed by atoms with Crippen LogP contribution >= 0.6 is 0 Å². The number of hydrogen-bond acceptors (Lipinski definition) is 5. The van der Waals surface area contributed by atoms with Gasteiger partial charge in [0.25, 0.3) is 0 Å². The summed E-state index contributed by atoms with van der Waals surface area (Å²) in [5.74, 6) is 2.04. The summed E-state index contributed by atoms with van der Waals surface area (Å²) in [6, 6.07) is 5.99. The fourth-order valence-corrected chi connectivity index (χ4v) is 3.70. The normalized spacial score (nSPS) is 14.9. The van der Waals surface area contributed by atoms with Gasteiger partial charge in [0.05, 0.1) is 18.4 Å². The zero-order chi connectivity index (χ0) is 20.8. The molecule has 1 saturated carbocycles. The van der Waals surface area contributed by atoms with Gasteiger partial charge in [-0.15, -0.1) is 0 Å². The first-order valence-corrected chi connectivity index (χ1v) is 10.2. The van der Waals surface area contributed by atoms with Gasteiger partial charge in [-0.25, -0.2) is 0 Å². The molecule has 0 N–H and O–H groups in total. The third kappa shape index (κ3) is 5.19. The second-order valence-electron chi connectivity index (χ2n) is 7.58. The maximum absolute atomic E-state index is 12.5. The molecule has 0 aliphatic heterocycles. The first-order valence-electron chi connectivity index (χ1n) is 10.2. The molecule has 156 valence electrons. The summed E-state index contributed by atoms with van der Waals surface area (Å²) in [4.78, 5) is 14.4. The van der Waals surface area contributed by atoms with Gasteiger partial charge >= 0.3 is 0 Å². The molecule has 1 aliphatic carbocycles. The Morgan fingerprint density at radius 1 is 1.24 bits per heavy atom. The maximum Gasteiger partial charge on any atom is 0.246 e. The Labute approximate surface area is 172 Å². The number of ether oxygens (including phenoxy) is 2. The van der Waals surface area contributed by atoms with Crippen LogP contribution in [-0.2, 0) is 11.4 Å². The molecule has 0 bridgehead atoms. The number of likely N-dealkylation sites (N-methyl/N-ethyl adjacent to an activating group) is 1. The molecule has 1 aliphatic rings. The monoisotopic (exact) mass is 398 g/mol. The number of aromatic nitrogens is 1. The highest BCUT2D eigenvalue weighted by atomic mass is 16.5. The first kappa shape index (κ1) is 21.0. The van der Waals surface area contributed by atoms with E-state index in [4.69, 9.17) is 14.0 Å². The molecule has 0 spiro atoms. The standard InChI is InChI=1S/C23H30N2O4/c1-16-20(17(2)29-24-16)15-28-21-12-10-18(14-22(21)27-4)11-13-23(26)25(3)19-8-6-5-7-9-19/h10-14,19H,5-9,15H2,1-4H3/b13-11+. The summed E-state index contributed by atoms with van der Waals surface area (Å²) in [6.07, 6.45) is 9.34. The van der Waals surface area contributed by atoms with Crippen LogP contribution in [0, 0.1) is 13.8 Å². The van der Waals surface area contributed by atoms with Crippen molar-refractivity contribution in [2.75, 3.05) is 14.2 Å². The van der Waals surface area contributed by atoms with Crippen molar-refractivity contribution < 1.29 is 18.8 Å². The van der Waals surface area contributed by atoms with Gasteiger partial charge in [-0.2, -0.15) is 0 Å². The molecule has 0 radical (unpaired) electrons. The molecular weight excluding hydrogens is 368 g/mol. The number of amides is 1. The molecule has 1 aromatic carbocycles. The second kappa shape index (κ2) is 9.63. The van der Waals surface area contributed by atoms with Crippen LogP contribution in [-0.4, -0.2) is 36.2 Å². The molecular formula is C23H30N2O4. The fraction of sp³-hybridized carbons (Fsp3) is 0.478. The average Bonchev–Trinajstić information content (AvgIpc) is 3.08. The molecule has 6 nitrogen and oxygen atoms in total. The Balaban J connectivity index is 1.64. The molecule has 6 heteroatoms. The van der Waals surface area contributed by atoms with Crippen LogP contribution in [0.4, 0.5) is 0 Å². The van der Waals surface area contributed by atoms with Crippen molar-refractivity contribution in [1.29, 1.82) is 0 Å². The van der Waals surface area contributed by atoms with Crippen LogP contribution < -0.4 is 9.47 Å². The van der Waals surface area contributed by atoms with Gasteiger partial charge in [-0.1, -0.05) is 30.5 Å². The SMILES string of the molecule is COc1cc(/C=C/C(=O)N(C)C2CCCCC2)ccc1OCc1c(C)noc1C. The minimum atomic E-state index is 0.0367. The summed E-state index contributed by atoms with van der Waals surface area (Å²) < 4.78 is 16.6. The van der Waals surface area contributed by atoms with E-state index in [0.717, 1.165) is 35.4 Å². The molecule has 2 aromatic rings. The van der Waals surface area contributed by atoms with Crippen molar-refractivity contribution in [3.63, 3.8) is 0 Å². The van der Waals surface area contributed by atoms with E-state index in [1.807, 2.05) is 50.1 Å². The number of aryl methyl sites for hydroxylation is 2. The number of carbonyl (C=O) groups is 1. The van der Waals surface area contributed by atoms with E-state index < -0.39 is 0 Å². The number of rotatable bonds is 7. The van der Waals surface area contributed by atoms with E-state index >= 15 is 0 Å². The third-order valence-electron chi connectivity index (χ3n) is 5.63. The van der Waals surface area contributed by atoms with Gasteiger partial charge in [0.2, 0.25) is 5.91 Å². The van der Waals surface area contributed by atoms with Gasteiger partial charge in [-0.05, 0) is 50.5 Å². The van der Waals surface area contributed by atoms with Crippen molar-refractivity contribution in [2.45, 2.75) is 58.6 Å². The van der Waals surface area contributed by atoms with E-state index in [1.54, 1.807) is 13.2 Å². The maximum atomic E-state index is 12.5. The second-order valence-corrected chi connectivity index (χ2v) is 7.58. The predicted octanol–water partition coefficient (Wildman–Crippen LogP) is 4.68. The van der Waals surface area contributed by atoms with E-state index in [1.165, 1.54) is 19.3 Å². The number of methoxy groups -OCH3 is 1. The first-order chi connectivity index (χ1) is 14.0. The van der Waals surface area contributed by atoms with Gasteiger partial charge in [-0.3, -0.25) is 4.79 Å². The lowest BCUT2D eigenvalue weighted by molar-refractivity contribution is -0.127. The Hall–Kier alpha value is -2.76. The Bertz CT molecular complexity index is 846. The highest BCUT2D eigenvalue weighted by molar-refractivity contribution is 5.91. The van der Waals surface area contributed by atoms with Crippen LogP contribution in [0.5, 0.6) is 11.5 Å². The van der Waals surface area contributed by atoms with Crippen LogP contribution in [0.1, 0.15) is 54.7 Å². The third-order valence-corrected chi connectivity index (χ3v) is 5.63. The smallest absolute Gasteiger partial charge is 0.246 e. The summed E-state index contributed by atoms with van der Waals surface area (Å²) >= 11 is 0. The number of carbonyl (C=O) groups excluding carboxylic acids is 1. The minimum absolute atomic E-state index is 0.0367. The molecule has 0 unspecified atom stereocenters. The summed E-state index contributed by atoms with van der Waals surface area (Å²) in [7, 11) is 3.50. The summed E-state index contributed by atoms with van der Waals surface area (Å²) in [5, 5.41) is 3.94. The van der Waals surface area contributed by atoms with Crippen molar-refractivity contribution in [2.24, 2.45) is 0 Å². The van der Waals surface area contributed by atoms with E-state index in [9.17, 15) is 4.79 Å². The Kier molecular flexibility index (Phi) is 6.96. The van der Waals surface area contributed by atoms with Crippen LogP contribution in [0.3, 0.4) is 0 Å². The van der Waals surface area contributed by atoms with Gasteiger partial charge in [0.15, 0.2) is 11.5 Å². The zero-order valence-corrected chi connectivity index (χ0v) is 17.7. The van der Waals surface area contributed by atoms with Gasteiger partial charge in [0.1, 0.15) is 12.4 Å². The van der Waals surface area contributed by atoms with Gasteiger partial charge in [0, 0.05) is 19.2 Å². The van der Waals surface area contributed by atoms with E-state index in [-0.39, 0.29) is 5.91 Å². The van der Waals surface area contributed by atoms with Crippen molar-refractivity contribution in [3.8, 4) is 11.5 Å². The Morgan fingerprint density at radius 3 is 2.66 bits per heavy atom. The molecule has 0 saturated heterocycles. The Morgan fingerprint density at radius 2 is 2.00 bits per heavy atom. The highest BCUT2D eigenvalue weighted by Gasteiger charge is 2.20. The van der Waals surface area contributed by atoms with Crippen LogP contribution in [0.2, 0.25) is 0 Å². The highest BCUT2D eigenvalue weighted by Crippen LogP contribution is 2.30. The van der Waals surface area contributed by atoms with Crippen LogP contribution in [0.15, 0.2) is 28.8 Å².